The maximum atomic E-state index is 13.2. The number of carbonyl (C=O) groups is 1. The molecule has 0 aliphatic heterocycles. The predicted octanol–water partition coefficient (Wildman–Crippen LogP) is 4.24. The van der Waals surface area contributed by atoms with Crippen LogP contribution in [0, 0.1) is 18.6 Å². The van der Waals surface area contributed by atoms with E-state index in [1.807, 2.05) is 18.4 Å². The number of nitrogens with zero attached hydrogens (tertiary/aromatic N) is 1. The molecular weight excluding hydrogens is 306 g/mol. The van der Waals surface area contributed by atoms with E-state index in [1.165, 1.54) is 6.07 Å². The normalized spacial score (nSPS) is 12.0. The van der Waals surface area contributed by atoms with E-state index in [4.69, 9.17) is 0 Å². The number of urea groups is 1. The highest BCUT2D eigenvalue weighted by molar-refractivity contribution is 7.10. The molecule has 22 heavy (non-hydrogen) atoms. The summed E-state index contributed by atoms with van der Waals surface area (Å²) in [6, 6.07) is 4.97. The third-order valence-electron chi connectivity index (χ3n) is 3.48. The molecule has 0 aliphatic rings. The summed E-state index contributed by atoms with van der Waals surface area (Å²) in [4.78, 5) is 14.9. The number of thiophene rings is 1. The van der Waals surface area contributed by atoms with Crippen LogP contribution in [0.1, 0.15) is 29.0 Å². The second-order valence-electron chi connectivity index (χ2n) is 5.23. The van der Waals surface area contributed by atoms with Crippen molar-refractivity contribution in [1.82, 2.24) is 10.2 Å². The Bertz CT molecular complexity index is 672. The second-order valence-corrected chi connectivity index (χ2v) is 6.23. The molecular formula is C16H18F2N2OS. The first kappa shape index (κ1) is 16.4. The van der Waals surface area contributed by atoms with Crippen LogP contribution in [0.3, 0.4) is 0 Å². The first-order valence-corrected chi connectivity index (χ1v) is 7.76. The first-order valence-electron chi connectivity index (χ1n) is 6.88. The Kier molecular flexibility index (Phi) is 5.13. The van der Waals surface area contributed by atoms with Crippen LogP contribution in [0.15, 0.2) is 29.6 Å². The number of carbonyl (C=O) groups excluding carboxylic acids is 1. The number of hydrogen-bond donors (Lipinski definition) is 1. The van der Waals surface area contributed by atoms with E-state index in [0.29, 0.717) is 12.1 Å². The number of amides is 2. The third kappa shape index (κ3) is 3.82. The lowest BCUT2D eigenvalue weighted by molar-refractivity contribution is 0.204. The van der Waals surface area contributed by atoms with Gasteiger partial charge in [0, 0.05) is 11.9 Å². The zero-order valence-electron chi connectivity index (χ0n) is 12.7. The number of hydrogen-bond acceptors (Lipinski definition) is 2. The minimum atomic E-state index is -0.916. The molecule has 3 nitrogen and oxygen atoms in total. The van der Waals surface area contributed by atoms with Gasteiger partial charge in [0.05, 0.1) is 12.6 Å². The molecule has 6 heteroatoms. The smallest absolute Gasteiger partial charge is 0.317 e. The van der Waals surface area contributed by atoms with Gasteiger partial charge in [0.2, 0.25) is 0 Å². The van der Waals surface area contributed by atoms with Crippen molar-refractivity contribution in [1.29, 1.82) is 0 Å². The number of halogens is 2. The quantitative estimate of drug-likeness (QED) is 0.896. The van der Waals surface area contributed by atoms with Gasteiger partial charge in [-0.2, -0.15) is 0 Å². The van der Waals surface area contributed by atoms with Crippen LogP contribution in [0.5, 0.6) is 0 Å². The van der Waals surface area contributed by atoms with Gasteiger partial charge in [-0.25, -0.2) is 13.6 Å². The van der Waals surface area contributed by atoms with E-state index in [1.54, 1.807) is 30.2 Å². The van der Waals surface area contributed by atoms with Crippen LogP contribution in [-0.2, 0) is 6.54 Å². The second kappa shape index (κ2) is 6.87. The summed E-state index contributed by atoms with van der Waals surface area (Å²) >= 11 is 1.60. The Morgan fingerprint density at radius 2 is 2.05 bits per heavy atom. The van der Waals surface area contributed by atoms with Crippen LogP contribution in [0.2, 0.25) is 0 Å². The van der Waals surface area contributed by atoms with Gasteiger partial charge in [0.25, 0.3) is 0 Å². The Labute approximate surface area is 132 Å². The largest absolute Gasteiger partial charge is 0.331 e. The van der Waals surface area contributed by atoms with Gasteiger partial charge in [-0.3, -0.25) is 0 Å². The van der Waals surface area contributed by atoms with Crippen molar-refractivity contribution in [2.75, 3.05) is 7.05 Å². The van der Waals surface area contributed by atoms with Crippen molar-refractivity contribution in [2.45, 2.75) is 26.4 Å². The van der Waals surface area contributed by atoms with Crippen molar-refractivity contribution in [3.8, 4) is 0 Å². The lowest BCUT2D eigenvalue weighted by Gasteiger charge is -2.21. The first-order chi connectivity index (χ1) is 10.4. The highest BCUT2D eigenvalue weighted by Crippen LogP contribution is 2.19. The number of rotatable bonds is 4. The van der Waals surface area contributed by atoms with Crippen LogP contribution >= 0.6 is 11.3 Å². The van der Waals surface area contributed by atoms with Crippen LogP contribution < -0.4 is 5.32 Å². The fourth-order valence-corrected chi connectivity index (χ4v) is 2.97. The summed E-state index contributed by atoms with van der Waals surface area (Å²) in [5.74, 6) is -1.81. The number of benzene rings is 1. The molecule has 2 rings (SSSR count). The topological polar surface area (TPSA) is 32.3 Å². The maximum absolute atomic E-state index is 13.2. The van der Waals surface area contributed by atoms with Crippen molar-refractivity contribution < 1.29 is 13.6 Å². The minimum absolute atomic E-state index is 0.259. The third-order valence-corrected chi connectivity index (χ3v) is 4.49. The van der Waals surface area contributed by atoms with E-state index in [2.05, 4.69) is 5.32 Å². The SMILES string of the molecule is Cc1ccsc1CN(C)C(=O)NC(C)c1ccc(F)c(F)c1. The van der Waals surface area contributed by atoms with Gasteiger partial charge in [0.1, 0.15) is 0 Å². The zero-order valence-corrected chi connectivity index (χ0v) is 13.5. The monoisotopic (exact) mass is 324 g/mol. The van der Waals surface area contributed by atoms with Crippen LogP contribution in [0.25, 0.3) is 0 Å². The van der Waals surface area contributed by atoms with Gasteiger partial charge < -0.3 is 10.2 Å². The van der Waals surface area contributed by atoms with Crippen molar-refractivity contribution >= 4 is 17.4 Å². The lowest BCUT2D eigenvalue weighted by atomic mass is 10.1. The molecule has 0 fully saturated rings. The fourth-order valence-electron chi connectivity index (χ4n) is 2.01. The molecule has 1 aromatic carbocycles. The molecule has 0 bridgehead atoms. The fraction of sp³-hybridized carbons (Fsp3) is 0.312. The average molecular weight is 324 g/mol. The molecule has 2 aromatic rings. The number of aryl methyl sites for hydroxylation is 1. The maximum Gasteiger partial charge on any atom is 0.317 e. The standard InChI is InChI=1S/C16H18F2N2OS/c1-10-6-7-22-15(10)9-20(3)16(21)19-11(2)12-4-5-13(17)14(18)8-12/h4-8,11H,9H2,1-3H3,(H,19,21). The molecule has 0 radical (unpaired) electrons. The van der Waals surface area contributed by atoms with Gasteiger partial charge >= 0.3 is 6.03 Å². The van der Waals surface area contributed by atoms with Crippen LogP contribution in [0.4, 0.5) is 13.6 Å². The predicted molar refractivity (Wildman–Crippen MR) is 83.8 cm³/mol. The molecule has 0 saturated heterocycles. The van der Waals surface area contributed by atoms with E-state index in [9.17, 15) is 13.6 Å². The zero-order chi connectivity index (χ0) is 16.3. The molecule has 1 heterocycles. The van der Waals surface area contributed by atoms with Crippen molar-refractivity contribution in [3.05, 3.63) is 57.3 Å². The Hall–Kier alpha value is -1.95. The highest BCUT2D eigenvalue weighted by atomic mass is 32.1. The van der Waals surface area contributed by atoms with Gasteiger partial charge in [-0.1, -0.05) is 6.07 Å². The minimum Gasteiger partial charge on any atom is -0.331 e. The van der Waals surface area contributed by atoms with E-state index < -0.39 is 17.7 Å². The molecule has 0 spiro atoms. The summed E-state index contributed by atoms with van der Waals surface area (Å²) in [5.41, 5.74) is 1.67. The van der Waals surface area contributed by atoms with E-state index >= 15 is 0 Å². The molecule has 1 atom stereocenters. The Balaban J connectivity index is 1.98. The summed E-state index contributed by atoms with van der Waals surface area (Å²) in [6.07, 6.45) is 0. The summed E-state index contributed by atoms with van der Waals surface area (Å²) in [6.45, 7) is 4.25. The van der Waals surface area contributed by atoms with E-state index in [-0.39, 0.29) is 6.03 Å². The average Bonchev–Trinajstić information content (AvgIpc) is 2.87. The van der Waals surface area contributed by atoms with Crippen LogP contribution in [-0.4, -0.2) is 18.0 Å². The molecule has 2 amide bonds. The molecule has 118 valence electrons. The molecule has 0 saturated carbocycles. The summed E-state index contributed by atoms with van der Waals surface area (Å²) in [5, 5.41) is 4.76. The number of nitrogens with one attached hydrogen (secondary N) is 1. The Morgan fingerprint density at radius 3 is 2.64 bits per heavy atom. The van der Waals surface area contributed by atoms with E-state index in [0.717, 1.165) is 22.6 Å². The highest BCUT2D eigenvalue weighted by Gasteiger charge is 2.16. The molecule has 1 N–H and O–H groups in total. The summed E-state index contributed by atoms with van der Waals surface area (Å²) in [7, 11) is 1.70. The van der Waals surface area contributed by atoms with Crippen molar-refractivity contribution in [2.24, 2.45) is 0 Å². The Morgan fingerprint density at radius 1 is 1.32 bits per heavy atom. The molecule has 1 aromatic heterocycles. The van der Waals surface area contributed by atoms with Gasteiger partial charge in [-0.15, -0.1) is 11.3 Å². The van der Waals surface area contributed by atoms with Crippen molar-refractivity contribution in [3.63, 3.8) is 0 Å². The molecule has 1 unspecified atom stereocenters. The molecule has 0 aliphatic carbocycles. The summed E-state index contributed by atoms with van der Waals surface area (Å²) < 4.78 is 26.2. The van der Waals surface area contributed by atoms with Gasteiger partial charge in [-0.05, 0) is 48.6 Å². The van der Waals surface area contributed by atoms with Gasteiger partial charge in [0.15, 0.2) is 11.6 Å². The lowest BCUT2D eigenvalue weighted by Crippen LogP contribution is -2.38.